The summed E-state index contributed by atoms with van der Waals surface area (Å²) in [5.41, 5.74) is 1.27. The molecule has 1 fully saturated rings. The Labute approximate surface area is 82.5 Å². The average molecular weight is 194 g/mol. The minimum absolute atomic E-state index is 0.277. The van der Waals surface area contributed by atoms with E-state index in [0.717, 1.165) is 25.3 Å². The molecule has 0 spiro atoms. The van der Waals surface area contributed by atoms with Crippen LogP contribution in [0.2, 0.25) is 0 Å². The summed E-state index contributed by atoms with van der Waals surface area (Å²) in [4.78, 5) is 15.8. The fourth-order valence-electron chi connectivity index (χ4n) is 1.84. The highest BCUT2D eigenvalue weighted by molar-refractivity contribution is 5.85. The summed E-state index contributed by atoms with van der Waals surface area (Å²) in [6, 6.07) is 3.47. The number of carbonyl (C=O) groups is 1. The van der Waals surface area contributed by atoms with Crippen LogP contribution in [0.3, 0.4) is 0 Å². The highest BCUT2D eigenvalue weighted by atomic mass is 16.4. The van der Waals surface area contributed by atoms with E-state index in [-0.39, 0.29) is 5.69 Å². The van der Waals surface area contributed by atoms with E-state index < -0.39 is 5.97 Å². The van der Waals surface area contributed by atoms with Crippen molar-refractivity contribution in [2.75, 3.05) is 13.1 Å². The van der Waals surface area contributed by atoms with Crippen LogP contribution in [0, 0.1) is 0 Å². The third-order valence-electron chi connectivity index (χ3n) is 2.57. The minimum Gasteiger partial charge on any atom is -0.477 e. The maximum Gasteiger partial charge on any atom is 0.352 e. The highest BCUT2D eigenvalue weighted by Gasteiger charge is 2.13. The third kappa shape index (κ3) is 1.96. The summed E-state index contributed by atoms with van der Waals surface area (Å²) in [5.74, 6) is -0.891. The van der Waals surface area contributed by atoms with Crippen LogP contribution >= 0.6 is 0 Å². The van der Waals surface area contributed by atoms with Crippen molar-refractivity contribution in [3.8, 4) is 0 Å². The molecule has 76 valence electrons. The number of nitrogens with one attached hydrogen (secondary N) is 1. The number of aromatic amines is 1. The van der Waals surface area contributed by atoms with Gasteiger partial charge in [-0.05, 0) is 38.1 Å². The van der Waals surface area contributed by atoms with Gasteiger partial charge in [0.05, 0.1) is 0 Å². The number of aromatic carboxylic acids is 1. The minimum atomic E-state index is -0.891. The van der Waals surface area contributed by atoms with E-state index in [2.05, 4.69) is 9.88 Å². The van der Waals surface area contributed by atoms with Crippen molar-refractivity contribution in [3.05, 3.63) is 23.5 Å². The van der Waals surface area contributed by atoms with Crippen LogP contribution in [0.5, 0.6) is 0 Å². The monoisotopic (exact) mass is 194 g/mol. The van der Waals surface area contributed by atoms with Gasteiger partial charge in [0.25, 0.3) is 0 Å². The first-order valence-electron chi connectivity index (χ1n) is 4.89. The molecule has 4 nitrogen and oxygen atoms in total. The number of nitrogens with zero attached hydrogens (tertiary/aromatic N) is 1. The van der Waals surface area contributed by atoms with E-state index in [1.165, 1.54) is 12.8 Å². The lowest BCUT2D eigenvalue weighted by Gasteiger charge is -2.12. The van der Waals surface area contributed by atoms with Crippen molar-refractivity contribution in [3.63, 3.8) is 0 Å². The Hall–Kier alpha value is -1.29. The quantitative estimate of drug-likeness (QED) is 0.762. The molecule has 1 aromatic rings. The van der Waals surface area contributed by atoms with E-state index in [9.17, 15) is 4.79 Å². The second kappa shape index (κ2) is 3.84. The number of likely N-dealkylation sites (tertiary alicyclic amines) is 1. The Balaban J connectivity index is 1.98. The standard InChI is InChI=1S/C10H14N2O2/c13-10(14)9-4-3-8(11-9)7-12-5-1-2-6-12/h3-4,11H,1-2,5-7H2,(H,13,14). The molecule has 0 atom stereocenters. The van der Waals surface area contributed by atoms with Crippen molar-refractivity contribution in [2.24, 2.45) is 0 Å². The first-order valence-corrected chi connectivity index (χ1v) is 4.89. The lowest BCUT2D eigenvalue weighted by molar-refractivity contribution is 0.0691. The summed E-state index contributed by atoms with van der Waals surface area (Å²) in [6.07, 6.45) is 2.51. The van der Waals surface area contributed by atoms with E-state index in [1.54, 1.807) is 6.07 Å². The van der Waals surface area contributed by atoms with Gasteiger partial charge >= 0.3 is 5.97 Å². The summed E-state index contributed by atoms with van der Waals surface area (Å²) in [6.45, 7) is 3.09. The molecule has 1 saturated heterocycles. The molecule has 2 N–H and O–H groups in total. The number of carboxylic acids is 1. The van der Waals surface area contributed by atoms with E-state index in [0.29, 0.717) is 0 Å². The Kier molecular flexibility index (Phi) is 2.54. The van der Waals surface area contributed by atoms with Gasteiger partial charge in [0, 0.05) is 12.2 Å². The molecule has 0 saturated carbocycles. The van der Waals surface area contributed by atoms with Gasteiger partial charge in [-0.2, -0.15) is 0 Å². The Bertz CT molecular complexity index is 327. The predicted octanol–water partition coefficient (Wildman–Crippen LogP) is 1.31. The highest BCUT2D eigenvalue weighted by Crippen LogP contribution is 2.12. The zero-order valence-corrected chi connectivity index (χ0v) is 7.99. The van der Waals surface area contributed by atoms with Gasteiger partial charge in [-0.3, -0.25) is 4.90 Å². The zero-order chi connectivity index (χ0) is 9.97. The topological polar surface area (TPSA) is 56.3 Å². The largest absolute Gasteiger partial charge is 0.477 e. The molecular weight excluding hydrogens is 180 g/mol. The average Bonchev–Trinajstić information content (AvgIpc) is 2.75. The van der Waals surface area contributed by atoms with Gasteiger partial charge in [0.2, 0.25) is 0 Å². The molecule has 0 aromatic carbocycles. The molecule has 1 aliphatic rings. The number of H-pyrrole nitrogens is 1. The van der Waals surface area contributed by atoms with Crippen molar-refractivity contribution in [2.45, 2.75) is 19.4 Å². The normalized spacial score (nSPS) is 17.4. The van der Waals surface area contributed by atoms with Crippen LogP contribution in [0.1, 0.15) is 29.0 Å². The second-order valence-electron chi connectivity index (χ2n) is 3.69. The van der Waals surface area contributed by atoms with Gasteiger partial charge in [-0.1, -0.05) is 0 Å². The van der Waals surface area contributed by atoms with Crippen molar-refractivity contribution in [1.82, 2.24) is 9.88 Å². The Morgan fingerprint density at radius 1 is 1.43 bits per heavy atom. The van der Waals surface area contributed by atoms with E-state index in [1.807, 2.05) is 6.07 Å². The molecule has 0 bridgehead atoms. The lowest BCUT2D eigenvalue weighted by atomic mass is 10.4. The van der Waals surface area contributed by atoms with Crippen LogP contribution in [-0.4, -0.2) is 34.0 Å². The van der Waals surface area contributed by atoms with Gasteiger partial charge in [-0.25, -0.2) is 4.79 Å². The molecule has 0 radical (unpaired) electrons. The smallest absolute Gasteiger partial charge is 0.352 e. The molecular formula is C10H14N2O2. The molecule has 1 aliphatic heterocycles. The summed E-state index contributed by atoms with van der Waals surface area (Å²) in [7, 11) is 0. The van der Waals surface area contributed by atoms with Gasteiger partial charge in [0.15, 0.2) is 0 Å². The Morgan fingerprint density at radius 2 is 2.14 bits per heavy atom. The molecule has 4 heteroatoms. The van der Waals surface area contributed by atoms with Gasteiger partial charge in [0.1, 0.15) is 5.69 Å². The fraction of sp³-hybridized carbons (Fsp3) is 0.500. The summed E-state index contributed by atoms with van der Waals surface area (Å²) < 4.78 is 0. The van der Waals surface area contributed by atoms with Crippen molar-refractivity contribution in [1.29, 1.82) is 0 Å². The van der Waals surface area contributed by atoms with Crippen LogP contribution in [0.4, 0.5) is 0 Å². The van der Waals surface area contributed by atoms with Crippen LogP contribution < -0.4 is 0 Å². The first kappa shape index (κ1) is 9.27. The number of hydrogen-bond donors (Lipinski definition) is 2. The van der Waals surface area contributed by atoms with Crippen LogP contribution in [-0.2, 0) is 6.54 Å². The van der Waals surface area contributed by atoms with Crippen molar-refractivity contribution >= 4 is 5.97 Å². The predicted molar refractivity (Wildman–Crippen MR) is 52.3 cm³/mol. The van der Waals surface area contributed by atoms with E-state index in [4.69, 9.17) is 5.11 Å². The molecule has 1 aromatic heterocycles. The lowest BCUT2D eigenvalue weighted by Crippen LogP contribution is -2.18. The molecule has 2 rings (SSSR count). The van der Waals surface area contributed by atoms with Crippen LogP contribution in [0.15, 0.2) is 12.1 Å². The molecule has 2 heterocycles. The Morgan fingerprint density at radius 3 is 2.71 bits per heavy atom. The fourth-order valence-corrected chi connectivity index (χ4v) is 1.84. The second-order valence-corrected chi connectivity index (χ2v) is 3.69. The molecule has 0 aliphatic carbocycles. The van der Waals surface area contributed by atoms with E-state index >= 15 is 0 Å². The van der Waals surface area contributed by atoms with Gasteiger partial charge in [-0.15, -0.1) is 0 Å². The number of hydrogen-bond acceptors (Lipinski definition) is 2. The zero-order valence-electron chi connectivity index (χ0n) is 7.99. The summed E-state index contributed by atoms with van der Waals surface area (Å²) >= 11 is 0. The maximum absolute atomic E-state index is 10.6. The van der Waals surface area contributed by atoms with Crippen LogP contribution in [0.25, 0.3) is 0 Å². The molecule has 0 amide bonds. The number of rotatable bonds is 3. The maximum atomic E-state index is 10.6. The van der Waals surface area contributed by atoms with Gasteiger partial charge < -0.3 is 10.1 Å². The number of carboxylic acid groups (broad SMARTS) is 1. The third-order valence-corrected chi connectivity index (χ3v) is 2.57. The first-order chi connectivity index (χ1) is 6.75. The molecule has 14 heavy (non-hydrogen) atoms. The number of aromatic nitrogens is 1. The van der Waals surface area contributed by atoms with Crippen molar-refractivity contribution < 1.29 is 9.90 Å². The SMILES string of the molecule is O=C(O)c1ccc(CN2CCCC2)[nH]1. The summed E-state index contributed by atoms with van der Waals surface area (Å²) in [5, 5.41) is 8.71. The molecule has 0 unspecified atom stereocenters.